The van der Waals surface area contributed by atoms with Gasteiger partial charge in [0.2, 0.25) is 0 Å². The van der Waals surface area contributed by atoms with Gasteiger partial charge in [-0.05, 0) is 30.9 Å². The maximum Gasteiger partial charge on any atom is 0.331 e. The zero-order chi connectivity index (χ0) is 10.8. The van der Waals surface area contributed by atoms with Gasteiger partial charge < -0.3 is 5.11 Å². The number of aromatic nitrogens is 1. The minimum absolute atomic E-state index is 0.333. The molecule has 1 aromatic heterocycles. The van der Waals surface area contributed by atoms with E-state index in [2.05, 4.69) is 4.98 Å². The van der Waals surface area contributed by atoms with Crippen LogP contribution in [-0.4, -0.2) is 16.1 Å². The summed E-state index contributed by atoms with van der Waals surface area (Å²) in [6.45, 7) is 0. The molecule has 1 N–H and O–H groups in total. The smallest absolute Gasteiger partial charge is 0.331 e. The lowest BCUT2D eigenvalue weighted by Crippen LogP contribution is -2.00. The van der Waals surface area contributed by atoms with Crippen molar-refractivity contribution in [2.45, 2.75) is 19.3 Å². The molecule has 0 atom stereocenters. The number of carboxylic acids is 1. The van der Waals surface area contributed by atoms with Crippen molar-refractivity contribution in [3.63, 3.8) is 0 Å². The number of hydrogen-bond acceptors (Lipinski definition) is 2. The van der Waals surface area contributed by atoms with E-state index < -0.39 is 11.8 Å². The number of halogens is 1. The molecule has 0 aromatic carbocycles. The van der Waals surface area contributed by atoms with Gasteiger partial charge in [0.25, 0.3) is 0 Å². The van der Waals surface area contributed by atoms with Gasteiger partial charge in [0.15, 0.2) is 0 Å². The van der Waals surface area contributed by atoms with Crippen molar-refractivity contribution in [1.29, 1.82) is 0 Å². The average molecular weight is 207 g/mol. The molecule has 1 aliphatic carbocycles. The molecule has 0 saturated carbocycles. The quantitative estimate of drug-likeness (QED) is 0.809. The van der Waals surface area contributed by atoms with Gasteiger partial charge in [-0.2, -0.15) is 0 Å². The minimum Gasteiger partial charge on any atom is -0.478 e. The Labute approximate surface area is 86.3 Å². The Kier molecular flexibility index (Phi) is 2.49. The largest absolute Gasteiger partial charge is 0.478 e. The number of hydrogen-bond donors (Lipinski definition) is 1. The lowest BCUT2D eigenvalue weighted by atomic mass is 10.0. The summed E-state index contributed by atoms with van der Waals surface area (Å²) in [4.78, 5) is 14.5. The molecule has 0 bridgehead atoms. The molecule has 0 aliphatic heterocycles. The monoisotopic (exact) mass is 207 g/mol. The van der Waals surface area contributed by atoms with Crippen LogP contribution in [0.4, 0.5) is 4.39 Å². The van der Waals surface area contributed by atoms with Crippen LogP contribution in [0.3, 0.4) is 0 Å². The second kappa shape index (κ2) is 3.81. The first-order valence-electron chi connectivity index (χ1n) is 4.75. The maximum absolute atomic E-state index is 13.4. The van der Waals surface area contributed by atoms with E-state index in [1.807, 2.05) is 0 Å². The third kappa shape index (κ3) is 1.75. The number of aliphatic carboxylic acids is 1. The highest BCUT2D eigenvalue weighted by molar-refractivity contribution is 5.97. The third-order valence-electron chi connectivity index (χ3n) is 2.57. The first-order valence-corrected chi connectivity index (χ1v) is 4.75. The summed E-state index contributed by atoms with van der Waals surface area (Å²) in [7, 11) is 0. The topological polar surface area (TPSA) is 50.2 Å². The molecule has 1 aliphatic rings. The van der Waals surface area contributed by atoms with Crippen molar-refractivity contribution in [2.75, 3.05) is 0 Å². The summed E-state index contributed by atoms with van der Waals surface area (Å²) in [6.07, 6.45) is 4.51. The lowest BCUT2D eigenvalue weighted by molar-refractivity contribution is -0.132. The summed E-state index contributed by atoms with van der Waals surface area (Å²) in [5, 5.41) is 8.94. The van der Waals surface area contributed by atoms with Crippen LogP contribution < -0.4 is 0 Å². The van der Waals surface area contributed by atoms with E-state index >= 15 is 0 Å². The lowest BCUT2D eigenvalue weighted by Gasteiger charge is -2.04. The highest BCUT2D eigenvalue weighted by Gasteiger charge is 2.22. The second-order valence-corrected chi connectivity index (χ2v) is 3.47. The summed E-state index contributed by atoms with van der Waals surface area (Å²) >= 11 is 0. The fraction of sp³-hybridized carbons (Fsp3) is 0.273. The fourth-order valence-corrected chi connectivity index (χ4v) is 1.90. The normalized spacial score (nSPS) is 15.8. The number of pyridine rings is 1. The summed E-state index contributed by atoms with van der Waals surface area (Å²) in [5.74, 6) is -1.40. The van der Waals surface area contributed by atoms with E-state index in [0.717, 1.165) is 12.6 Å². The van der Waals surface area contributed by atoms with Crippen molar-refractivity contribution < 1.29 is 14.3 Å². The van der Waals surface area contributed by atoms with E-state index in [-0.39, 0.29) is 0 Å². The molecule has 0 fully saturated rings. The van der Waals surface area contributed by atoms with Crippen LogP contribution in [0.2, 0.25) is 0 Å². The zero-order valence-corrected chi connectivity index (χ0v) is 8.03. The number of allylic oxidation sites excluding steroid dienone is 1. The van der Waals surface area contributed by atoms with Gasteiger partial charge in [-0.3, -0.25) is 4.98 Å². The standard InChI is InChI=1S/C11H10FNO2/c12-10-6-13-5-4-8(10)7-2-1-3-9(7)11(14)15/h4-6H,1-3H2,(H,14,15). The van der Waals surface area contributed by atoms with Gasteiger partial charge in [0.1, 0.15) is 5.82 Å². The summed E-state index contributed by atoms with van der Waals surface area (Å²) < 4.78 is 13.4. The van der Waals surface area contributed by atoms with Crippen LogP contribution >= 0.6 is 0 Å². The molecule has 1 aromatic rings. The van der Waals surface area contributed by atoms with Crippen LogP contribution in [0, 0.1) is 5.82 Å². The van der Waals surface area contributed by atoms with Crippen LogP contribution in [0.1, 0.15) is 24.8 Å². The van der Waals surface area contributed by atoms with Crippen molar-refractivity contribution in [2.24, 2.45) is 0 Å². The Bertz CT molecular complexity index is 440. The summed E-state index contributed by atoms with van der Waals surface area (Å²) in [6, 6.07) is 1.53. The molecular formula is C11H10FNO2. The van der Waals surface area contributed by atoms with Gasteiger partial charge in [-0.1, -0.05) is 0 Å². The number of nitrogens with zero attached hydrogens (tertiary/aromatic N) is 1. The number of carbonyl (C=O) groups is 1. The molecule has 0 unspecified atom stereocenters. The van der Waals surface area contributed by atoms with Crippen LogP contribution in [0.25, 0.3) is 5.57 Å². The van der Waals surface area contributed by atoms with Crippen LogP contribution in [0.5, 0.6) is 0 Å². The first kappa shape index (κ1) is 9.83. The van der Waals surface area contributed by atoms with E-state index in [1.165, 1.54) is 12.3 Å². The van der Waals surface area contributed by atoms with Gasteiger partial charge in [0, 0.05) is 17.3 Å². The predicted octanol–water partition coefficient (Wildman–Crippen LogP) is 2.24. The second-order valence-electron chi connectivity index (χ2n) is 3.47. The number of carboxylic acid groups (broad SMARTS) is 1. The molecule has 78 valence electrons. The Morgan fingerprint density at radius 3 is 2.93 bits per heavy atom. The van der Waals surface area contributed by atoms with E-state index in [9.17, 15) is 9.18 Å². The van der Waals surface area contributed by atoms with E-state index in [4.69, 9.17) is 5.11 Å². The van der Waals surface area contributed by atoms with Crippen molar-refractivity contribution >= 4 is 11.5 Å². The Balaban J connectivity index is 2.51. The van der Waals surface area contributed by atoms with Crippen LogP contribution in [0.15, 0.2) is 24.0 Å². The molecule has 0 spiro atoms. The number of rotatable bonds is 2. The average Bonchev–Trinajstić information content (AvgIpc) is 2.67. The Hall–Kier alpha value is -1.71. The van der Waals surface area contributed by atoms with Crippen molar-refractivity contribution in [1.82, 2.24) is 4.98 Å². The van der Waals surface area contributed by atoms with Gasteiger partial charge >= 0.3 is 5.97 Å². The molecule has 2 rings (SSSR count). The highest BCUT2D eigenvalue weighted by atomic mass is 19.1. The SMILES string of the molecule is O=C(O)C1=C(c2ccncc2F)CCC1. The van der Waals surface area contributed by atoms with Gasteiger partial charge in [0.05, 0.1) is 6.20 Å². The zero-order valence-electron chi connectivity index (χ0n) is 8.03. The first-order chi connectivity index (χ1) is 7.20. The molecule has 4 heteroatoms. The molecule has 0 radical (unpaired) electrons. The Morgan fingerprint density at radius 2 is 2.27 bits per heavy atom. The highest BCUT2D eigenvalue weighted by Crippen LogP contribution is 2.34. The van der Waals surface area contributed by atoms with Gasteiger partial charge in [-0.25, -0.2) is 9.18 Å². The predicted molar refractivity (Wildman–Crippen MR) is 52.6 cm³/mol. The molecule has 0 saturated heterocycles. The molecule has 0 amide bonds. The third-order valence-corrected chi connectivity index (χ3v) is 2.57. The summed E-state index contributed by atoms with van der Waals surface area (Å²) in [5.41, 5.74) is 1.32. The van der Waals surface area contributed by atoms with Gasteiger partial charge in [-0.15, -0.1) is 0 Å². The maximum atomic E-state index is 13.4. The fourth-order valence-electron chi connectivity index (χ4n) is 1.90. The molecule has 3 nitrogen and oxygen atoms in total. The molecular weight excluding hydrogens is 197 g/mol. The van der Waals surface area contributed by atoms with Crippen molar-refractivity contribution in [3.05, 3.63) is 35.4 Å². The minimum atomic E-state index is -0.946. The van der Waals surface area contributed by atoms with E-state index in [1.54, 1.807) is 0 Å². The Morgan fingerprint density at radius 1 is 1.47 bits per heavy atom. The molecule has 1 heterocycles. The van der Waals surface area contributed by atoms with E-state index in [0.29, 0.717) is 29.6 Å². The van der Waals surface area contributed by atoms with Crippen LogP contribution in [-0.2, 0) is 4.79 Å². The molecule has 15 heavy (non-hydrogen) atoms. The van der Waals surface area contributed by atoms with Crippen molar-refractivity contribution in [3.8, 4) is 0 Å².